The van der Waals surface area contributed by atoms with Gasteiger partial charge in [-0.25, -0.2) is 0 Å². The number of rotatable bonds is 7. The van der Waals surface area contributed by atoms with Crippen LogP contribution in [0.4, 0.5) is 0 Å². The number of aryl methyl sites for hydroxylation is 1. The third-order valence-electron chi connectivity index (χ3n) is 3.87. The van der Waals surface area contributed by atoms with Gasteiger partial charge in [0.1, 0.15) is 11.5 Å². The van der Waals surface area contributed by atoms with Crippen LogP contribution < -0.4 is 4.74 Å². The fourth-order valence-corrected chi connectivity index (χ4v) is 2.58. The maximum Gasteiger partial charge on any atom is 0.223 e. The van der Waals surface area contributed by atoms with Crippen molar-refractivity contribution in [2.24, 2.45) is 0 Å². The number of amides is 1. The molecule has 0 fully saturated rings. The summed E-state index contributed by atoms with van der Waals surface area (Å²) in [6.45, 7) is 4.72. The minimum atomic E-state index is 0.0178. The Hall–Kier alpha value is -2.23. The van der Waals surface area contributed by atoms with Gasteiger partial charge in [0.05, 0.1) is 19.4 Å². The Morgan fingerprint density at radius 3 is 2.77 bits per heavy atom. The van der Waals surface area contributed by atoms with Crippen LogP contribution in [0.25, 0.3) is 0 Å². The summed E-state index contributed by atoms with van der Waals surface area (Å²) in [5, 5.41) is 0. The van der Waals surface area contributed by atoms with E-state index in [-0.39, 0.29) is 11.9 Å². The van der Waals surface area contributed by atoms with Crippen LogP contribution in [0.2, 0.25) is 0 Å². The number of hydrogen-bond acceptors (Lipinski definition) is 3. The quantitative estimate of drug-likeness (QED) is 0.780. The van der Waals surface area contributed by atoms with Crippen molar-refractivity contribution in [1.29, 1.82) is 0 Å². The largest absolute Gasteiger partial charge is 0.497 e. The van der Waals surface area contributed by atoms with Crippen LogP contribution in [0, 0.1) is 0 Å². The van der Waals surface area contributed by atoms with Gasteiger partial charge in [-0.1, -0.05) is 12.1 Å². The van der Waals surface area contributed by atoms with Gasteiger partial charge in [-0.15, -0.1) is 0 Å². The van der Waals surface area contributed by atoms with E-state index in [0.717, 1.165) is 17.1 Å². The number of nitrogens with zero attached hydrogens (tertiary/aromatic N) is 1. The Kier molecular flexibility index (Phi) is 5.64. The van der Waals surface area contributed by atoms with Crippen molar-refractivity contribution < 1.29 is 13.9 Å². The number of furan rings is 1. The van der Waals surface area contributed by atoms with E-state index in [1.807, 2.05) is 55.1 Å². The zero-order valence-corrected chi connectivity index (χ0v) is 13.4. The molecule has 1 amide bonds. The van der Waals surface area contributed by atoms with Gasteiger partial charge in [0, 0.05) is 19.4 Å². The smallest absolute Gasteiger partial charge is 0.223 e. The standard InChI is InChI=1S/C18H23NO3/c1-4-19(18(20)11-10-16-9-6-12-22-16)14(2)15-7-5-8-17(13-15)21-3/h5-9,12-14H,4,10-11H2,1-3H3. The van der Waals surface area contributed by atoms with Crippen molar-refractivity contribution >= 4 is 5.91 Å². The Bertz CT molecular complexity index is 592. The summed E-state index contributed by atoms with van der Waals surface area (Å²) in [5.41, 5.74) is 1.08. The number of benzene rings is 1. The molecular weight excluding hydrogens is 278 g/mol. The molecule has 0 spiro atoms. The SMILES string of the molecule is CCN(C(=O)CCc1ccco1)C(C)c1cccc(OC)c1. The van der Waals surface area contributed by atoms with E-state index in [2.05, 4.69) is 0 Å². The fourth-order valence-electron chi connectivity index (χ4n) is 2.58. The molecule has 0 radical (unpaired) electrons. The lowest BCUT2D eigenvalue weighted by atomic mass is 10.1. The average molecular weight is 301 g/mol. The van der Waals surface area contributed by atoms with Crippen molar-refractivity contribution in [3.8, 4) is 5.75 Å². The van der Waals surface area contributed by atoms with Gasteiger partial charge >= 0.3 is 0 Å². The van der Waals surface area contributed by atoms with Crippen LogP contribution in [0.1, 0.15) is 37.6 Å². The number of ether oxygens (including phenoxy) is 1. The second-order valence-corrected chi connectivity index (χ2v) is 5.21. The van der Waals surface area contributed by atoms with Crippen LogP contribution in [0.15, 0.2) is 47.1 Å². The summed E-state index contributed by atoms with van der Waals surface area (Å²) >= 11 is 0. The van der Waals surface area contributed by atoms with E-state index in [4.69, 9.17) is 9.15 Å². The summed E-state index contributed by atoms with van der Waals surface area (Å²) in [7, 11) is 1.65. The van der Waals surface area contributed by atoms with Gasteiger partial charge in [0.2, 0.25) is 5.91 Å². The predicted molar refractivity (Wildman–Crippen MR) is 85.8 cm³/mol. The minimum Gasteiger partial charge on any atom is -0.497 e. The molecule has 118 valence electrons. The summed E-state index contributed by atoms with van der Waals surface area (Å²) < 4.78 is 10.5. The lowest BCUT2D eigenvalue weighted by molar-refractivity contribution is -0.133. The first-order valence-electron chi connectivity index (χ1n) is 7.61. The minimum absolute atomic E-state index is 0.0178. The molecule has 4 heteroatoms. The van der Waals surface area contributed by atoms with E-state index in [1.54, 1.807) is 13.4 Å². The number of carbonyl (C=O) groups excluding carboxylic acids is 1. The first kappa shape index (κ1) is 16.1. The predicted octanol–water partition coefficient (Wildman–Crippen LogP) is 3.83. The average Bonchev–Trinajstić information content (AvgIpc) is 3.07. The third-order valence-corrected chi connectivity index (χ3v) is 3.87. The lowest BCUT2D eigenvalue weighted by Gasteiger charge is -2.28. The van der Waals surface area contributed by atoms with Crippen molar-refractivity contribution in [2.75, 3.05) is 13.7 Å². The van der Waals surface area contributed by atoms with Crippen molar-refractivity contribution in [3.05, 3.63) is 54.0 Å². The van der Waals surface area contributed by atoms with Gasteiger partial charge in [0.25, 0.3) is 0 Å². The van der Waals surface area contributed by atoms with E-state index >= 15 is 0 Å². The lowest BCUT2D eigenvalue weighted by Crippen LogP contribution is -2.33. The molecule has 0 saturated carbocycles. The van der Waals surface area contributed by atoms with Crippen molar-refractivity contribution in [1.82, 2.24) is 4.90 Å². The molecule has 0 aliphatic heterocycles. The van der Waals surface area contributed by atoms with Crippen LogP contribution >= 0.6 is 0 Å². The molecule has 0 N–H and O–H groups in total. The summed E-state index contributed by atoms with van der Waals surface area (Å²) in [5.74, 6) is 1.79. The highest BCUT2D eigenvalue weighted by atomic mass is 16.5. The maximum atomic E-state index is 12.5. The number of methoxy groups -OCH3 is 1. The Balaban J connectivity index is 2.03. The Morgan fingerprint density at radius 1 is 1.32 bits per heavy atom. The van der Waals surface area contributed by atoms with E-state index in [9.17, 15) is 4.79 Å². The normalized spacial score (nSPS) is 12.0. The van der Waals surface area contributed by atoms with E-state index in [0.29, 0.717) is 19.4 Å². The second kappa shape index (κ2) is 7.69. The maximum absolute atomic E-state index is 12.5. The molecule has 1 unspecified atom stereocenters. The van der Waals surface area contributed by atoms with Crippen molar-refractivity contribution in [3.63, 3.8) is 0 Å². The molecule has 2 rings (SSSR count). The second-order valence-electron chi connectivity index (χ2n) is 5.21. The number of hydrogen-bond donors (Lipinski definition) is 0. The fraction of sp³-hybridized carbons (Fsp3) is 0.389. The number of carbonyl (C=O) groups is 1. The van der Waals surface area contributed by atoms with Crippen LogP contribution in [0.3, 0.4) is 0 Å². The molecule has 1 atom stereocenters. The molecule has 4 nitrogen and oxygen atoms in total. The molecular formula is C18H23NO3. The molecule has 2 aromatic rings. The first-order valence-corrected chi connectivity index (χ1v) is 7.61. The summed E-state index contributed by atoms with van der Waals surface area (Å²) in [6, 6.07) is 11.6. The molecule has 0 saturated heterocycles. The molecule has 0 aliphatic carbocycles. The summed E-state index contributed by atoms with van der Waals surface area (Å²) in [6.07, 6.45) is 2.72. The van der Waals surface area contributed by atoms with E-state index < -0.39 is 0 Å². The molecule has 1 aromatic heterocycles. The highest BCUT2D eigenvalue weighted by Gasteiger charge is 2.20. The molecule has 1 aromatic carbocycles. The van der Waals surface area contributed by atoms with Gasteiger partial charge in [0.15, 0.2) is 0 Å². The van der Waals surface area contributed by atoms with Gasteiger partial charge in [-0.3, -0.25) is 4.79 Å². The van der Waals surface area contributed by atoms with Crippen LogP contribution in [-0.4, -0.2) is 24.5 Å². The Morgan fingerprint density at radius 2 is 2.14 bits per heavy atom. The zero-order valence-electron chi connectivity index (χ0n) is 13.4. The monoisotopic (exact) mass is 301 g/mol. The molecule has 0 aliphatic rings. The molecule has 1 heterocycles. The van der Waals surface area contributed by atoms with Crippen LogP contribution in [0.5, 0.6) is 5.75 Å². The first-order chi connectivity index (χ1) is 10.7. The van der Waals surface area contributed by atoms with Crippen molar-refractivity contribution in [2.45, 2.75) is 32.7 Å². The topological polar surface area (TPSA) is 42.7 Å². The Labute approximate surface area is 131 Å². The van der Waals surface area contributed by atoms with Crippen LogP contribution in [-0.2, 0) is 11.2 Å². The van der Waals surface area contributed by atoms with E-state index in [1.165, 1.54) is 0 Å². The molecule has 0 bridgehead atoms. The highest BCUT2D eigenvalue weighted by molar-refractivity contribution is 5.76. The summed E-state index contributed by atoms with van der Waals surface area (Å²) in [4.78, 5) is 14.4. The van der Waals surface area contributed by atoms with Gasteiger partial charge in [-0.05, 0) is 43.7 Å². The molecule has 22 heavy (non-hydrogen) atoms. The highest BCUT2D eigenvalue weighted by Crippen LogP contribution is 2.24. The van der Waals surface area contributed by atoms with Gasteiger partial charge in [-0.2, -0.15) is 0 Å². The van der Waals surface area contributed by atoms with Gasteiger partial charge < -0.3 is 14.1 Å². The third kappa shape index (κ3) is 3.91. The zero-order chi connectivity index (χ0) is 15.9.